The van der Waals surface area contributed by atoms with E-state index < -0.39 is 5.97 Å². The molecule has 92 valence electrons. The zero-order valence-electron chi connectivity index (χ0n) is 9.50. The van der Waals surface area contributed by atoms with Gasteiger partial charge < -0.3 is 9.64 Å². The third-order valence-electron chi connectivity index (χ3n) is 2.48. The van der Waals surface area contributed by atoms with Gasteiger partial charge in [-0.1, -0.05) is 0 Å². The Bertz CT molecular complexity index is 426. The van der Waals surface area contributed by atoms with Crippen LogP contribution in [0.15, 0.2) is 0 Å². The molecule has 8 heteroatoms. The van der Waals surface area contributed by atoms with Crippen LogP contribution in [0.2, 0.25) is 0 Å². The van der Waals surface area contributed by atoms with Crippen LogP contribution in [0, 0.1) is 0 Å². The van der Waals surface area contributed by atoms with Crippen molar-refractivity contribution < 1.29 is 14.3 Å². The fourth-order valence-corrected chi connectivity index (χ4v) is 1.45. The molecule has 1 amide bonds. The number of esters is 1. The van der Waals surface area contributed by atoms with E-state index in [0.29, 0.717) is 0 Å². The molecule has 1 aromatic rings. The van der Waals surface area contributed by atoms with Crippen LogP contribution in [0.4, 0.5) is 0 Å². The Kier molecular flexibility index (Phi) is 3.31. The van der Waals surface area contributed by atoms with Crippen molar-refractivity contribution in [2.45, 2.75) is 19.9 Å². The van der Waals surface area contributed by atoms with Gasteiger partial charge in [0.25, 0.3) is 5.82 Å². The van der Waals surface area contributed by atoms with Crippen molar-refractivity contribution in [2.24, 2.45) is 0 Å². The summed E-state index contributed by atoms with van der Waals surface area (Å²) >= 11 is 0. The highest BCUT2D eigenvalue weighted by atomic mass is 16.5. The van der Waals surface area contributed by atoms with Gasteiger partial charge in [0, 0.05) is 13.1 Å². The molecule has 0 unspecified atom stereocenters. The summed E-state index contributed by atoms with van der Waals surface area (Å²) in [5.41, 5.74) is 0. The first kappa shape index (κ1) is 11.5. The first-order chi connectivity index (χ1) is 8.22. The van der Waals surface area contributed by atoms with Crippen molar-refractivity contribution in [2.75, 3.05) is 19.7 Å². The molecule has 0 N–H and O–H groups in total. The average Bonchev–Trinajstić information content (AvgIpc) is 2.63. The van der Waals surface area contributed by atoms with E-state index in [-0.39, 0.29) is 24.9 Å². The SMILES string of the molecule is CCOC(=O)c1nnnn1CC(=O)N1CCC1. The predicted octanol–water partition coefficient (Wildman–Crippen LogP) is -0.918. The van der Waals surface area contributed by atoms with Gasteiger partial charge in [-0.3, -0.25) is 4.79 Å². The summed E-state index contributed by atoms with van der Waals surface area (Å²) in [4.78, 5) is 24.8. The zero-order chi connectivity index (χ0) is 12.3. The number of rotatable bonds is 4. The molecule has 8 nitrogen and oxygen atoms in total. The number of nitrogens with zero attached hydrogens (tertiary/aromatic N) is 5. The van der Waals surface area contributed by atoms with E-state index in [9.17, 15) is 9.59 Å². The monoisotopic (exact) mass is 239 g/mol. The normalized spacial score (nSPS) is 14.3. The lowest BCUT2D eigenvalue weighted by atomic mass is 10.2. The Morgan fingerprint density at radius 3 is 2.76 bits per heavy atom. The fraction of sp³-hybridized carbons (Fsp3) is 0.667. The molecule has 0 radical (unpaired) electrons. The van der Waals surface area contributed by atoms with E-state index in [1.165, 1.54) is 4.68 Å². The largest absolute Gasteiger partial charge is 0.460 e. The van der Waals surface area contributed by atoms with Crippen molar-refractivity contribution in [1.29, 1.82) is 0 Å². The van der Waals surface area contributed by atoms with Gasteiger partial charge in [-0.15, -0.1) is 5.10 Å². The van der Waals surface area contributed by atoms with Crippen LogP contribution in [0.25, 0.3) is 0 Å². The first-order valence-corrected chi connectivity index (χ1v) is 5.43. The van der Waals surface area contributed by atoms with Crippen LogP contribution in [-0.4, -0.2) is 56.7 Å². The van der Waals surface area contributed by atoms with Crippen molar-refractivity contribution in [3.63, 3.8) is 0 Å². The maximum atomic E-state index is 11.7. The average molecular weight is 239 g/mol. The third kappa shape index (κ3) is 2.40. The molecule has 2 heterocycles. The summed E-state index contributed by atoms with van der Waals surface area (Å²) in [5.74, 6) is -0.747. The molecule has 0 aromatic carbocycles. The minimum absolute atomic E-state index is 0.0266. The fourth-order valence-electron chi connectivity index (χ4n) is 1.45. The molecule has 0 saturated carbocycles. The summed E-state index contributed by atoms with van der Waals surface area (Å²) in [5, 5.41) is 10.5. The summed E-state index contributed by atoms with van der Waals surface area (Å²) in [6.07, 6.45) is 1.02. The molecule has 0 aliphatic carbocycles. The number of amides is 1. The van der Waals surface area contributed by atoms with Crippen molar-refractivity contribution in [3.8, 4) is 0 Å². The molecule has 1 saturated heterocycles. The molecule has 1 aromatic heterocycles. The number of hydrogen-bond acceptors (Lipinski definition) is 6. The number of ether oxygens (including phenoxy) is 1. The Labute approximate surface area is 97.5 Å². The minimum atomic E-state index is -0.617. The van der Waals surface area contributed by atoms with E-state index in [1.54, 1.807) is 11.8 Å². The van der Waals surface area contributed by atoms with Crippen molar-refractivity contribution >= 4 is 11.9 Å². The van der Waals surface area contributed by atoms with Gasteiger partial charge in [0.1, 0.15) is 6.54 Å². The second-order valence-electron chi connectivity index (χ2n) is 3.61. The van der Waals surface area contributed by atoms with Crippen LogP contribution in [0.3, 0.4) is 0 Å². The zero-order valence-corrected chi connectivity index (χ0v) is 9.50. The molecule has 1 aliphatic rings. The standard InChI is InChI=1S/C9H13N5O3/c1-2-17-9(16)8-10-11-12-14(8)6-7(15)13-4-3-5-13/h2-6H2,1H3. The Hall–Kier alpha value is -1.99. The predicted molar refractivity (Wildman–Crippen MR) is 55.0 cm³/mol. The molecule has 0 spiro atoms. The number of tetrazole rings is 1. The van der Waals surface area contributed by atoms with E-state index in [2.05, 4.69) is 15.5 Å². The van der Waals surface area contributed by atoms with Crippen LogP contribution in [0.5, 0.6) is 0 Å². The van der Waals surface area contributed by atoms with Crippen LogP contribution in [0.1, 0.15) is 24.0 Å². The molecule has 0 bridgehead atoms. The molecular weight excluding hydrogens is 226 g/mol. The molecular formula is C9H13N5O3. The number of likely N-dealkylation sites (tertiary alicyclic amines) is 1. The van der Waals surface area contributed by atoms with E-state index in [4.69, 9.17) is 4.74 Å². The maximum Gasteiger partial charge on any atom is 0.378 e. The molecule has 2 rings (SSSR count). The smallest absolute Gasteiger partial charge is 0.378 e. The van der Waals surface area contributed by atoms with E-state index >= 15 is 0 Å². The summed E-state index contributed by atoms with van der Waals surface area (Å²) in [6.45, 7) is 3.43. The van der Waals surface area contributed by atoms with E-state index in [1.807, 2.05) is 0 Å². The number of carbonyl (C=O) groups is 2. The van der Waals surface area contributed by atoms with Gasteiger partial charge in [0.05, 0.1) is 6.61 Å². The Morgan fingerprint density at radius 2 is 2.18 bits per heavy atom. The number of hydrogen-bond donors (Lipinski definition) is 0. The van der Waals surface area contributed by atoms with Gasteiger partial charge in [-0.2, -0.15) is 0 Å². The second-order valence-corrected chi connectivity index (χ2v) is 3.61. The number of carbonyl (C=O) groups excluding carboxylic acids is 2. The third-order valence-corrected chi connectivity index (χ3v) is 2.48. The molecule has 1 aliphatic heterocycles. The van der Waals surface area contributed by atoms with Gasteiger partial charge >= 0.3 is 5.97 Å². The Morgan fingerprint density at radius 1 is 1.41 bits per heavy atom. The lowest BCUT2D eigenvalue weighted by Gasteiger charge is -2.30. The number of aromatic nitrogens is 4. The highest BCUT2D eigenvalue weighted by Crippen LogP contribution is 2.07. The van der Waals surface area contributed by atoms with Crippen LogP contribution in [-0.2, 0) is 16.1 Å². The second kappa shape index (κ2) is 4.89. The van der Waals surface area contributed by atoms with Crippen LogP contribution >= 0.6 is 0 Å². The highest BCUT2D eigenvalue weighted by molar-refractivity contribution is 5.86. The van der Waals surface area contributed by atoms with Gasteiger partial charge in [0.2, 0.25) is 5.91 Å². The van der Waals surface area contributed by atoms with Gasteiger partial charge in [-0.25, -0.2) is 9.48 Å². The lowest BCUT2D eigenvalue weighted by Crippen LogP contribution is -2.44. The maximum absolute atomic E-state index is 11.7. The summed E-state index contributed by atoms with van der Waals surface area (Å²) < 4.78 is 5.95. The topological polar surface area (TPSA) is 90.2 Å². The van der Waals surface area contributed by atoms with Crippen molar-refractivity contribution in [1.82, 2.24) is 25.1 Å². The first-order valence-electron chi connectivity index (χ1n) is 5.43. The molecule has 0 atom stereocenters. The van der Waals surface area contributed by atoms with Gasteiger partial charge in [0.15, 0.2) is 0 Å². The molecule has 1 fully saturated rings. The lowest BCUT2D eigenvalue weighted by molar-refractivity contribution is -0.135. The highest BCUT2D eigenvalue weighted by Gasteiger charge is 2.24. The summed E-state index contributed by atoms with van der Waals surface area (Å²) in [7, 11) is 0. The summed E-state index contributed by atoms with van der Waals surface area (Å²) in [6, 6.07) is 0. The molecule has 17 heavy (non-hydrogen) atoms. The minimum Gasteiger partial charge on any atom is -0.460 e. The van der Waals surface area contributed by atoms with E-state index in [0.717, 1.165) is 19.5 Å². The van der Waals surface area contributed by atoms with Crippen LogP contribution < -0.4 is 0 Å². The van der Waals surface area contributed by atoms with Gasteiger partial charge in [-0.05, 0) is 23.8 Å². The quantitative estimate of drug-likeness (QED) is 0.631. The Balaban J connectivity index is 2.03. The van der Waals surface area contributed by atoms with Crippen molar-refractivity contribution in [3.05, 3.63) is 5.82 Å².